The van der Waals surface area contributed by atoms with Gasteiger partial charge in [-0.25, -0.2) is 4.79 Å². The highest BCUT2D eigenvalue weighted by Crippen LogP contribution is 2.26. The number of rotatable bonds is 2. The van der Waals surface area contributed by atoms with Crippen LogP contribution in [0.5, 0.6) is 0 Å². The molecule has 0 spiro atoms. The van der Waals surface area contributed by atoms with Crippen molar-refractivity contribution < 1.29 is 9.84 Å². The van der Waals surface area contributed by atoms with E-state index in [1.807, 2.05) is 0 Å². The van der Waals surface area contributed by atoms with Crippen molar-refractivity contribution in [1.82, 2.24) is 9.55 Å². The molecule has 2 heterocycles. The molecule has 7 nitrogen and oxygen atoms in total. The van der Waals surface area contributed by atoms with Crippen LogP contribution < -0.4 is 17.0 Å². The first-order valence-electron chi connectivity index (χ1n) is 5.36. The van der Waals surface area contributed by atoms with Crippen LogP contribution in [0.25, 0.3) is 0 Å². The van der Waals surface area contributed by atoms with Gasteiger partial charge in [0.25, 0.3) is 5.56 Å². The number of aromatic amines is 1. The fraction of sp³-hybridized carbons (Fsp3) is 0.600. The zero-order valence-corrected chi connectivity index (χ0v) is 9.63. The molecule has 4 N–H and O–H groups in total. The van der Waals surface area contributed by atoms with E-state index in [1.54, 1.807) is 0 Å². The lowest BCUT2D eigenvalue weighted by Crippen LogP contribution is -2.31. The lowest BCUT2D eigenvalue weighted by molar-refractivity contribution is -0.0246. The predicted octanol–water partition coefficient (Wildman–Crippen LogP) is -1.22. The molecule has 0 bridgehead atoms. The Morgan fingerprint density at radius 1 is 1.53 bits per heavy atom. The van der Waals surface area contributed by atoms with E-state index in [-0.39, 0.29) is 18.9 Å². The summed E-state index contributed by atoms with van der Waals surface area (Å²) < 4.78 is 6.74. The van der Waals surface area contributed by atoms with E-state index in [4.69, 9.17) is 9.84 Å². The number of nitrogens with two attached hydrogens (primary N) is 1. The molecule has 0 amide bonds. The summed E-state index contributed by atoms with van der Waals surface area (Å²) in [5.41, 5.74) is 3.60. The summed E-state index contributed by atoms with van der Waals surface area (Å²) in [6.45, 7) is -0.0470. The second-order valence-electron chi connectivity index (χ2n) is 3.49. The van der Waals surface area contributed by atoms with Crippen molar-refractivity contribution in [3.8, 4) is 0 Å². The Kier molecular flexibility index (Phi) is 5.08. The summed E-state index contributed by atoms with van der Waals surface area (Å²) in [5, 5.41) is 8.87. The Morgan fingerprint density at radius 2 is 2.24 bits per heavy atom. The quantitative estimate of drug-likeness (QED) is 0.603. The lowest BCUT2D eigenvalue weighted by Gasteiger charge is -2.13. The van der Waals surface area contributed by atoms with Gasteiger partial charge in [-0.3, -0.25) is 14.3 Å². The summed E-state index contributed by atoms with van der Waals surface area (Å²) in [5.74, 6) is 0. The van der Waals surface area contributed by atoms with E-state index >= 15 is 0 Å². The molecule has 1 aliphatic rings. The average molecular weight is 243 g/mol. The van der Waals surface area contributed by atoms with Crippen LogP contribution in [0.3, 0.4) is 0 Å². The monoisotopic (exact) mass is 243 g/mol. The van der Waals surface area contributed by atoms with E-state index in [1.165, 1.54) is 23.9 Å². The molecule has 1 aromatic heterocycles. The summed E-state index contributed by atoms with van der Waals surface area (Å²) >= 11 is 0. The third-order valence-electron chi connectivity index (χ3n) is 2.45. The van der Waals surface area contributed by atoms with Crippen molar-refractivity contribution in [3.05, 3.63) is 33.1 Å². The zero-order valence-electron chi connectivity index (χ0n) is 9.63. The van der Waals surface area contributed by atoms with Crippen molar-refractivity contribution in [3.63, 3.8) is 0 Å². The van der Waals surface area contributed by atoms with E-state index in [2.05, 4.69) is 10.7 Å². The smallest absolute Gasteiger partial charge is 0.330 e. The average Bonchev–Trinajstić information content (AvgIpc) is 2.80. The molecule has 1 aliphatic heterocycles. The van der Waals surface area contributed by atoms with Crippen LogP contribution in [0.15, 0.2) is 21.9 Å². The zero-order chi connectivity index (χ0) is 12.8. The number of aromatic nitrogens is 2. The summed E-state index contributed by atoms with van der Waals surface area (Å²) in [6.07, 6.45) is 2.19. The first-order chi connectivity index (χ1) is 8.20. The minimum atomic E-state index is -0.480. The Morgan fingerprint density at radius 3 is 2.76 bits per heavy atom. The molecule has 2 rings (SSSR count). The molecule has 96 valence electrons. The molecular formula is C10H17N3O4. The number of aliphatic hydroxyl groups is 1. The highest BCUT2D eigenvalue weighted by molar-refractivity contribution is 4.85. The molecule has 17 heavy (non-hydrogen) atoms. The summed E-state index contributed by atoms with van der Waals surface area (Å²) in [6, 6.07) is 1.27. The van der Waals surface area contributed by atoms with Gasteiger partial charge in [-0.2, -0.15) is 0 Å². The van der Waals surface area contributed by atoms with Gasteiger partial charge in [0, 0.05) is 12.3 Å². The number of nitrogens with zero attached hydrogens (tertiary/aromatic N) is 1. The normalized spacial score (nSPS) is 23.0. The van der Waals surface area contributed by atoms with E-state index in [0.717, 1.165) is 0 Å². The van der Waals surface area contributed by atoms with Gasteiger partial charge in [-0.15, -0.1) is 0 Å². The molecule has 7 heteroatoms. The lowest BCUT2D eigenvalue weighted by atomic mass is 10.2. The highest BCUT2D eigenvalue weighted by Gasteiger charge is 2.26. The SMILES string of the molecule is CN.O=c1ccn(C2CCC(CO)O2)c(=O)[nH]1. The van der Waals surface area contributed by atoms with Gasteiger partial charge in [0.2, 0.25) is 0 Å². The van der Waals surface area contributed by atoms with E-state index < -0.39 is 11.2 Å². The second-order valence-corrected chi connectivity index (χ2v) is 3.49. The van der Waals surface area contributed by atoms with Crippen molar-refractivity contribution in [1.29, 1.82) is 0 Å². The van der Waals surface area contributed by atoms with Gasteiger partial charge in [-0.1, -0.05) is 0 Å². The van der Waals surface area contributed by atoms with Crippen LogP contribution in [-0.2, 0) is 4.74 Å². The molecule has 0 saturated carbocycles. The van der Waals surface area contributed by atoms with Crippen LogP contribution in [0.2, 0.25) is 0 Å². The number of hydrogen-bond donors (Lipinski definition) is 3. The van der Waals surface area contributed by atoms with Gasteiger partial charge in [-0.05, 0) is 19.9 Å². The van der Waals surface area contributed by atoms with Crippen molar-refractivity contribution in [2.24, 2.45) is 5.73 Å². The maximum absolute atomic E-state index is 11.4. The molecule has 2 unspecified atom stereocenters. The third-order valence-corrected chi connectivity index (χ3v) is 2.45. The van der Waals surface area contributed by atoms with Crippen molar-refractivity contribution >= 4 is 0 Å². The molecule has 0 aliphatic carbocycles. The fourth-order valence-corrected chi connectivity index (χ4v) is 1.68. The summed E-state index contributed by atoms with van der Waals surface area (Å²) in [4.78, 5) is 24.4. The number of H-pyrrole nitrogens is 1. The second kappa shape index (κ2) is 6.33. The molecule has 2 atom stereocenters. The first kappa shape index (κ1) is 13.6. The Balaban J connectivity index is 0.000000686. The van der Waals surface area contributed by atoms with Gasteiger partial charge in [0.1, 0.15) is 6.23 Å². The number of hydrogen-bond acceptors (Lipinski definition) is 5. The Bertz CT molecular complexity index is 453. The van der Waals surface area contributed by atoms with Crippen LogP contribution in [-0.4, -0.2) is 34.4 Å². The van der Waals surface area contributed by atoms with Gasteiger partial charge in [0.15, 0.2) is 0 Å². The Labute approximate surface area is 97.8 Å². The third kappa shape index (κ3) is 3.26. The minimum Gasteiger partial charge on any atom is -0.394 e. The maximum atomic E-state index is 11.4. The van der Waals surface area contributed by atoms with Gasteiger partial charge >= 0.3 is 5.69 Å². The van der Waals surface area contributed by atoms with Crippen LogP contribution >= 0.6 is 0 Å². The number of nitrogens with one attached hydrogen (secondary N) is 1. The Hall–Kier alpha value is -1.44. The standard InChI is InChI=1S/C9H12N2O4.CH5N/c12-5-6-1-2-8(15-6)11-4-3-7(13)10-9(11)14;1-2/h3-4,6,8,12H,1-2,5H2,(H,10,13,14);2H2,1H3. The number of ether oxygens (including phenoxy) is 1. The molecule has 1 aromatic rings. The van der Waals surface area contributed by atoms with Crippen LogP contribution in [0, 0.1) is 0 Å². The molecule has 0 radical (unpaired) electrons. The molecule has 0 aromatic carbocycles. The predicted molar refractivity (Wildman–Crippen MR) is 61.7 cm³/mol. The van der Waals surface area contributed by atoms with Gasteiger partial charge in [0.05, 0.1) is 12.7 Å². The van der Waals surface area contributed by atoms with E-state index in [9.17, 15) is 9.59 Å². The van der Waals surface area contributed by atoms with Crippen molar-refractivity contribution in [2.75, 3.05) is 13.7 Å². The molecule has 1 saturated heterocycles. The first-order valence-corrected chi connectivity index (χ1v) is 5.36. The van der Waals surface area contributed by atoms with E-state index in [0.29, 0.717) is 12.8 Å². The largest absolute Gasteiger partial charge is 0.394 e. The summed E-state index contributed by atoms with van der Waals surface area (Å²) in [7, 11) is 1.50. The fourth-order valence-electron chi connectivity index (χ4n) is 1.68. The topological polar surface area (TPSA) is 110 Å². The number of aliphatic hydroxyl groups excluding tert-OH is 1. The highest BCUT2D eigenvalue weighted by atomic mass is 16.5. The minimum absolute atomic E-state index is 0.0470. The maximum Gasteiger partial charge on any atom is 0.330 e. The molecular weight excluding hydrogens is 226 g/mol. The van der Waals surface area contributed by atoms with Crippen LogP contribution in [0.1, 0.15) is 19.1 Å². The van der Waals surface area contributed by atoms with Crippen LogP contribution in [0.4, 0.5) is 0 Å². The van der Waals surface area contributed by atoms with Gasteiger partial charge < -0.3 is 15.6 Å². The van der Waals surface area contributed by atoms with Crippen molar-refractivity contribution in [2.45, 2.75) is 25.2 Å². The molecule has 1 fully saturated rings.